The van der Waals surface area contributed by atoms with Crippen molar-refractivity contribution in [3.8, 4) is 0 Å². The van der Waals surface area contributed by atoms with Gasteiger partial charge in [-0.2, -0.15) is 0 Å². The molecule has 0 aromatic heterocycles. The SMILES string of the molecule is CC(NC(=O)C(C)(N)C1CC1)c1cccc(F)c1. The summed E-state index contributed by atoms with van der Waals surface area (Å²) in [5.41, 5.74) is 5.96. The predicted molar refractivity (Wildman–Crippen MR) is 68.3 cm³/mol. The molecule has 18 heavy (non-hydrogen) atoms. The van der Waals surface area contributed by atoms with Gasteiger partial charge < -0.3 is 11.1 Å². The number of hydrogen-bond acceptors (Lipinski definition) is 2. The maximum absolute atomic E-state index is 13.1. The first kappa shape index (κ1) is 13.0. The molecule has 2 atom stereocenters. The summed E-state index contributed by atoms with van der Waals surface area (Å²) in [6.07, 6.45) is 2.02. The van der Waals surface area contributed by atoms with Crippen LogP contribution < -0.4 is 11.1 Å². The molecule has 0 saturated heterocycles. The number of benzene rings is 1. The van der Waals surface area contributed by atoms with Crippen molar-refractivity contribution in [3.63, 3.8) is 0 Å². The quantitative estimate of drug-likeness (QED) is 0.860. The summed E-state index contributed by atoms with van der Waals surface area (Å²) in [6, 6.07) is 6.00. The van der Waals surface area contributed by atoms with E-state index < -0.39 is 5.54 Å². The zero-order valence-electron chi connectivity index (χ0n) is 10.7. The lowest BCUT2D eigenvalue weighted by atomic mass is 9.95. The van der Waals surface area contributed by atoms with Crippen LogP contribution in [0.1, 0.15) is 38.3 Å². The van der Waals surface area contributed by atoms with Crippen molar-refractivity contribution in [1.29, 1.82) is 0 Å². The molecule has 2 unspecified atom stereocenters. The van der Waals surface area contributed by atoms with Gasteiger partial charge in [0.2, 0.25) is 5.91 Å². The molecule has 2 rings (SSSR count). The first-order chi connectivity index (χ1) is 8.41. The second-order valence-electron chi connectivity index (χ2n) is 5.31. The Morgan fingerprint density at radius 2 is 2.22 bits per heavy atom. The van der Waals surface area contributed by atoms with Crippen molar-refractivity contribution < 1.29 is 9.18 Å². The summed E-state index contributed by atoms with van der Waals surface area (Å²) in [5.74, 6) is -0.190. The fourth-order valence-electron chi connectivity index (χ4n) is 2.08. The monoisotopic (exact) mass is 250 g/mol. The van der Waals surface area contributed by atoms with E-state index in [1.807, 2.05) is 6.92 Å². The average Bonchev–Trinajstić information content (AvgIpc) is 3.12. The maximum atomic E-state index is 13.1. The fraction of sp³-hybridized carbons (Fsp3) is 0.500. The Hall–Kier alpha value is -1.42. The van der Waals surface area contributed by atoms with E-state index in [4.69, 9.17) is 5.73 Å². The van der Waals surface area contributed by atoms with Crippen molar-refractivity contribution >= 4 is 5.91 Å². The van der Waals surface area contributed by atoms with Gasteiger partial charge in [0, 0.05) is 0 Å². The summed E-state index contributed by atoms with van der Waals surface area (Å²) in [6.45, 7) is 3.59. The lowest BCUT2D eigenvalue weighted by molar-refractivity contribution is -0.127. The molecule has 3 nitrogen and oxygen atoms in total. The van der Waals surface area contributed by atoms with Crippen LogP contribution in [0.25, 0.3) is 0 Å². The lowest BCUT2D eigenvalue weighted by Gasteiger charge is -2.26. The lowest BCUT2D eigenvalue weighted by Crippen LogP contribution is -2.53. The Bertz CT molecular complexity index is 455. The van der Waals surface area contributed by atoms with Crippen LogP contribution in [0, 0.1) is 11.7 Å². The molecule has 0 bridgehead atoms. The summed E-state index contributed by atoms with van der Waals surface area (Å²) in [5, 5.41) is 2.85. The predicted octanol–water partition coefficient (Wildman–Crippen LogP) is 2.13. The molecule has 0 heterocycles. The normalized spacial score (nSPS) is 20.0. The highest BCUT2D eigenvalue weighted by Gasteiger charge is 2.44. The van der Waals surface area contributed by atoms with Crippen molar-refractivity contribution in [2.75, 3.05) is 0 Å². The first-order valence-electron chi connectivity index (χ1n) is 6.26. The third kappa shape index (κ3) is 2.70. The summed E-state index contributed by atoms with van der Waals surface area (Å²) in [7, 11) is 0. The molecule has 98 valence electrons. The van der Waals surface area contributed by atoms with E-state index in [1.165, 1.54) is 12.1 Å². The van der Waals surface area contributed by atoms with E-state index in [0.29, 0.717) is 0 Å². The molecule has 3 N–H and O–H groups in total. The maximum Gasteiger partial charge on any atom is 0.240 e. The van der Waals surface area contributed by atoms with Crippen LogP contribution in [-0.4, -0.2) is 11.4 Å². The van der Waals surface area contributed by atoms with E-state index in [-0.39, 0.29) is 23.7 Å². The van der Waals surface area contributed by atoms with Gasteiger partial charge in [-0.05, 0) is 50.3 Å². The van der Waals surface area contributed by atoms with Gasteiger partial charge in [-0.15, -0.1) is 0 Å². The summed E-state index contributed by atoms with van der Waals surface area (Å²) >= 11 is 0. The molecule has 1 aliphatic carbocycles. The van der Waals surface area contributed by atoms with Gasteiger partial charge in [-0.3, -0.25) is 4.79 Å². The number of amides is 1. The summed E-state index contributed by atoms with van der Waals surface area (Å²) in [4.78, 5) is 12.1. The number of rotatable bonds is 4. The van der Waals surface area contributed by atoms with Crippen LogP contribution in [-0.2, 0) is 4.79 Å². The Balaban J connectivity index is 2.03. The number of halogens is 1. The molecule has 0 radical (unpaired) electrons. The highest BCUT2D eigenvalue weighted by atomic mass is 19.1. The smallest absolute Gasteiger partial charge is 0.240 e. The zero-order valence-corrected chi connectivity index (χ0v) is 10.7. The Kier molecular flexibility index (Phi) is 3.39. The minimum absolute atomic E-state index is 0.165. The number of carbonyl (C=O) groups excluding carboxylic acids is 1. The first-order valence-corrected chi connectivity index (χ1v) is 6.26. The average molecular weight is 250 g/mol. The van der Waals surface area contributed by atoms with Crippen molar-refractivity contribution in [1.82, 2.24) is 5.32 Å². The number of hydrogen-bond donors (Lipinski definition) is 2. The molecular formula is C14H19FN2O. The highest BCUT2D eigenvalue weighted by molar-refractivity contribution is 5.86. The van der Waals surface area contributed by atoms with Crippen LogP contribution in [0.5, 0.6) is 0 Å². The van der Waals surface area contributed by atoms with E-state index in [1.54, 1.807) is 19.1 Å². The van der Waals surface area contributed by atoms with Gasteiger partial charge in [0.25, 0.3) is 0 Å². The third-order valence-electron chi connectivity index (χ3n) is 3.61. The van der Waals surface area contributed by atoms with Gasteiger partial charge in [0.05, 0.1) is 11.6 Å². The van der Waals surface area contributed by atoms with Crippen molar-refractivity contribution in [2.45, 2.75) is 38.3 Å². The minimum atomic E-state index is -0.818. The second kappa shape index (κ2) is 4.69. The second-order valence-corrected chi connectivity index (χ2v) is 5.31. The molecule has 1 aromatic carbocycles. The fourth-order valence-corrected chi connectivity index (χ4v) is 2.08. The van der Waals surface area contributed by atoms with Crippen LogP contribution in [0.15, 0.2) is 24.3 Å². The minimum Gasteiger partial charge on any atom is -0.348 e. The van der Waals surface area contributed by atoms with E-state index in [0.717, 1.165) is 18.4 Å². The number of carbonyl (C=O) groups is 1. The molecular weight excluding hydrogens is 231 g/mol. The molecule has 1 amide bonds. The number of nitrogens with one attached hydrogen (secondary N) is 1. The van der Waals surface area contributed by atoms with Gasteiger partial charge >= 0.3 is 0 Å². The molecule has 1 fully saturated rings. The Morgan fingerprint density at radius 3 is 2.78 bits per heavy atom. The molecule has 1 aliphatic rings. The van der Waals surface area contributed by atoms with Crippen LogP contribution >= 0.6 is 0 Å². The topological polar surface area (TPSA) is 55.1 Å². The van der Waals surface area contributed by atoms with Gasteiger partial charge in [0.15, 0.2) is 0 Å². The largest absolute Gasteiger partial charge is 0.348 e. The van der Waals surface area contributed by atoms with Crippen LogP contribution in [0.4, 0.5) is 4.39 Å². The summed E-state index contributed by atoms with van der Waals surface area (Å²) < 4.78 is 13.1. The molecule has 0 aliphatic heterocycles. The zero-order chi connectivity index (χ0) is 13.3. The molecule has 1 saturated carbocycles. The van der Waals surface area contributed by atoms with Crippen molar-refractivity contribution in [3.05, 3.63) is 35.6 Å². The van der Waals surface area contributed by atoms with E-state index >= 15 is 0 Å². The van der Waals surface area contributed by atoms with E-state index in [2.05, 4.69) is 5.32 Å². The Labute approximate surface area is 107 Å². The molecule has 4 heteroatoms. The van der Waals surface area contributed by atoms with Gasteiger partial charge in [0.1, 0.15) is 5.82 Å². The Morgan fingerprint density at radius 1 is 1.56 bits per heavy atom. The third-order valence-corrected chi connectivity index (χ3v) is 3.61. The van der Waals surface area contributed by atoms with E-state index in [9.17, 15) is 9.18 Å². The number of nitrogens with two attached hydrogens (primary N) is 1. The van der Waals surface area contributed by atoms with Gasteiger partial charge in [-0.1, -0.05) is 12.1 Å². The van der Waals surface area contributed by atoms with Crippen LogP contribution in [0.3, 0.4) is 0 Å². The molecule has 0 spiro atoms. The molecule has 1 aromatic rings. The standard InChI is InChI=1S/C14H19FN2O/c1-9(10-4-3-5-12(15)8-10)17-13(18)14(2,16)11-6-7-11/h3-5,8-9,11H,6-7,16H2,1-2H3,(H,17,18). The van der Waals surface area contributed by atoms with Gasteiger partial charge in [-0.25, -0.2) is 4.39 Å². The van der Waals surface area contributed by atoms with Crippen LogP contribution in [0.2, 0.25) is 0 Å². The van der Waals surface area contributed by atoms with Crippen molar-refractivity contribution in [2.24, 2.45) is 11.7 Å². The highest BCUT2D eigenvalue weighted by Crippen LogP contribution is 2.38.